The van der Waals surface area contributed by atoms with E-state index in [1.54, 1.807) is 7.11 Å². The highest BCUT2D eigenvalue weighted by Crippen LogP contribution is 2.44. The predicted molar refractivity (Wildman–Crippen MR) is 144 cm³/mol. The van der Waals surface area contributed by atoms with Crippen LogP contribution in [0.15, 0.2) is 73.2 Å². The first-order chi connectivity index (χ1) is 18.0. The fourth-order valence-electron chi connectivity index (χ4n) is 5.44. The number of nitrogens with one attached hydrogen (secondary N) is 1. The van der Waals surface area contributed by atoms with Gasteiger partial charge in [-0.3, -0.25) is 9.59 Å². The molecule has 1 spiro atoms. The zero-order chi connectivity index (χ0) is 26.0. The molecule has 0 bridgehead atoms. The van der Waals surface area contributed by atoms with Crippen molar-refractivity contribution in [3.63, 3.8) is 0 Å². The van der Waals surface area contributed by atoms with Crippen molar-refractivity contribution in [2.24, 2.45) is 11.1 Å². The maximum atomic E-state index is 13.6. The van der Waals surface area contributed by atoms with E-state index in [4.69, 9.17) is 15.9 Å². The number of ether oxygens (including phenoxy) is 1. The zero-order valence-electron chi connectivity index (χ0n) is 20.9. The molecule has 0 atom stereocenters. The van der Waals surface area contributed by atoms with Gasteiger partial charge in [-0.15, -0.1) is 0 Å². The summed E-state index contributed by atoms with van der Waals surface area (Å²) in [6.07, 6.45) is 8.55. The number of aromatic nitrogens is 1. The maximum Gasteiger partial charge on any atom is 0.253 e. The van der Waals surface area contributed by atoms with E-state index in [1.165, 1.54) is 12.4 Å². The monoisotopic (exact) mass is 497 g/mol. The van der Waals surface area contributed by atoms with Crippen molar-refractivity contribution >= 4 is 29.3 Å². The van der Waals surface area contributed by atoms with Gasteiger partial charge in [0, 0.05) is 78.6 Å². The number of hydrogen-bond donors (Lipinski definition) is 2. The smallest absolute Gasteiger partial charge is 0.253 e. The highest BCUT2D eigenvalue weighted by atomic mass is 16.5. The van der Waals surface area contributed by atoms with Crippen LogP contribution in [0.5, 0.6) is 5.75 Å². The van der Waals surface area contributed by atoms with Gasteiger partial charge >= 0.3 is 0 Å². The molecule has 190 valence electrons. The Bertz CT molecular complexity index is 1340. The Morgan fingerprint density at radius 3 is 2.27 bits per heavy atom. The second-order valence-electron chi connectivity index (χ2n) is 9.57. The summed E-state index contributed by atoms with van der Waals surface area (Å²) < 4.78 is 7.53. The highest BCUT2D eigenvalue weighted by Gasteiger charge is 2.49. The van der Waals surface area contributed by atoms with E-state index < -0.39 is 5.41 Å². The Kier molecular flexibility index (Phi) is 6.56. The molecule has 3 N–H and O–H groups in total. The van der Waals surface area contributed by atoms with Crippen LogP contribution in [0.2, 0.25) is 0 Å². The zero-order valence-corrected chi connectivity index (χ0v) is 20.9. The van der Waals surface area contributed by atoms with Gasteiger partial charge in [-0.1, -0.05) is 0 Å². The third-order valence-corrected chi connectivity index (χ3v) is 7.68. The maximum absolute atomic E-state index is 13.6. The van der Waals surface area contributed by atoms with E-state index >= 15 is 0 Å². The Morgan fingerprint density at radius 1 is 1.00 bits per heavy atom. The van der Waals surface area contributed by atoms with Gasteiger partial charge < -0.3 is 30.2 Å². The lowest BCUT2D eigenvalue weighted by molar-refractivity contribution is -0.127. The summed E-state index contributed by atoms with van der Waals surface area (Å²) in [5, 5.41) is 7.57. The molecule has 8 heteroatoms. The number of nitrogens with zero attached hydrogens (tertiary/aromatic N) is 3. The minimum Gasteiger partial charge on any atom is -0.496 e. The number of hydrogen-bond acceptors (Lipinski definition) is 5. The lowest BCUT2D eigenvalue weighted by Crippen LogP contribution is -2.46. The Balaban J connectivity index is 1.26. The predicted octanol–water partition coefficient (Wildman–Crippen LogP) is 4.09. The van der Waals surface area contributed by atoms with Crippen LogP contribution in [0, 0.1) is 10.8 Å². The molecule has 37 heavy (non-hydrogen) atoms. The van der Waals surface area contributed by atoms with Gasteiger partial charge in [0.15, 0.2) is 0 Å². The van der Waals surface area contributed by atoms with Gasteiger partial charge in [-0.05, 0) is 67.8 Å². The van der Waals surface area contributed by atoms with E-state index in [1.807, 2.05) is 81.4 Å². The molecule has 0 saturated carbocycles. The molecule has 2 fully saturated rings. The Hall–Kier alpha value is -4.33. The van der Waals surface area contributed by atoms with Crippen LogP contribution < -0.4 is 15.4 Å². The van der Waals surface area contributed by atoms with Crippen LogP contribution in [0.25, 0.3) is 11.3 Å². The number of methoxy groups -OCH3 is 1. The van der Waals surface area contributed by atoms with Crippen LogP contribution in [-0.4, -0.2) is 54.2 Å². The van der Waals surface area contributed by atoms with Crippen molar-refractivity contribution in [2.75, 3.05) is 31.6 Å². The number of carbonyl (C=O) groups is 2. The molecule has 5 rings (SSSR count). The average molecular weight is 498 g/mol. The van der Waals surface area contributed by atoms with Crippen molar-refractivity contribution in [2.45, 2.75) is 19.3 Å². The number of amides is 2. The minimum absolute atomic E-state index is 0.00601. The lowest BCUT2D eigenvalue weighted by atomic mass is 9.77. The number of allylic oxidation sites excluding steroid dienone is 1. The minimum atomic E-state index is -0.446. The first kappa shape index (κ1) is 24.4. The molecular weight excluding hydrogens is 466 g/mol. The normalized spacial score (nSPS) is 17.3. The standard InChI is InChI=1S/C29H31N5O3/c1-37-26-18-24(8-9-25(26)22(19-30)20-31)34-17-12-29(28(34)36)10-15-33(16-11-29)27(35)21-4-6-23(7-5-21)32-13-2-3-14-32/h2-9,13-14,18-20,30H,10-12,15-17,31H2,1H3/b22-20+,30-19?. The molecule has 0 radical (unpaired) electrons. The summed E-state index contributed by atoms with van der Waals surface area (Å²) in [5.41, 5.74) is 8.89. The third-order valence-electron chi connectivity index (χ3n) is 7.68. The molecule has 8 nitrogen and oxygen atoms in total. The molecule has 2 aliphatic heterocycles. The molecule has 2 aliphatic rings. The van der Waals surface area contributed by atoms with Crippen molar-refractivity contribution in [1.29, 1.82) is 5.41 Å². The third kappa shape index (κ3) is 4.39. The molecular formula is C29H31N5O3. The summed E-state index contributed by atoms with van der Waals surface area (Å²) in [6.45, 7) is 1.74. The van der Waals surface area contributed by atoms with E-state index in [0.717, 1.165) is 17.8 Å². The molecule has 2 aromatic carbocycles. The second-order valence-corrected chi connectivity index (χ2v) is 9.57. The molecule has 2 saturated heterocycles. The summed E-state index contributed by atoms with van der Waals surface area (Å²) in [4.78, 5) is 30.5. The molecule has 2 amide bonds. The Morgan fingerprint density at radius 2 is 1.65 bits per heavy atom. The quantitative estimate of drug-likeness (QED) is 0.501. The van der Waals surface area contributed by atoms with Gasteiger partial charge in [-0.25, -0.2) is 0 Å². The summed E-state index contributed by atoms with van der Waals surface area (Å²) in [5.74, 6) is 0.674. The topological polar surface area (TPSA) is 105 Å². The molecule has 3 aromatic rings. The van der Waals surface area contributed by atoms with Gasteiger partial charge in [0.1, 0.15) is 5.75 Å². The number of carbonyl (C=O) groups excluding carboxylic acids is 2. The van der Waals surface area contributed by atoms with Crippen LogP contribution in [-0.2, 0) is 4.79 Å². The number of rotatable bonds is 6. The van der Waals surface area contributed by atoms with Crippen molar-refractivity contribution < 1.29 is 14.3 Å². The summed E-state index contributed by atoms with van der Waals surface area (Å²) >= 11 is 0. The molecule has 1 aromatic heterocycles. The first-order valence-corrected chi connectivity index (χ1v) is 12.4. The van der Waals surface area contributed by atoms with Crippen molar-refractivity contribution in [1.82, 2.24) is 9.47 Å². The van der Waals surface area contributed by atoms with Gasteiger partial charge in [0.2, 0.25) is 5.91 Å². The van der Waals surface area contributed by atoms with E-state index in [2.05, 4.69) is 0 Å². The van der Waals surface area contributed by atoms with Crippen molar-refractivity contribution in [3.05, 3.63) is 84.3 Å². The largest absolute Gasteiger partial charge is 0.496 e. The number of likely N-dealkylation sites (tertiary alicyclic amines) is 1. The SMILES string of the molecule is COc1cc(N2CCC3(CCN(C(=O)c4ccc(-n5cccc5)cc4)CC3)C2=O)ccc1/C(C=N)=C/N. The van der Waals surface area contributed by atoms with E-state index in [9.17, 15) is 9.59 Å². The fourth-order valence-corrected chi connectivity index (χ4v) is 5.44. The summed E-state index contributed by atoms with van der Waals surface area (Å²) in [7, 11) is 1.56. The summed E-state index contributed by atoms with van der Waals surface area (Å²) in [6, 6.07) is 17.1. The number of piperidine rings is 1. The Labute approximate surface area is 216 Å². The second kappa shape index (κ2) is 9.97. The fraction of sp³-hybridized carbons (Fsp3) is 0.276. The van der Waals surface area contributed by atoms with Crippen LogP contribution in [0.1, 0.15) is 35.2 Å². The van der Waals surface area contributed by atoms with Gasteiger partial charge in [0.25, 0.3) is 5.91 Å². The first-order valence-electron chi connectivity index (χ1n) is 12.4. The average Bonchev–Trinajstić information content (AvgIpc) is 3.59. The van der Waals surface area contributed by atoms with Crippen LogP contribution >= 0.6 is 0 Å². The molecule has 0 unspecified atom stereocenters. The highest BCUT2D eigenvalue weighted by molar-refractivity contribution is 6.09. The van der Waals surface area contributed by atoms with Crippen molar-refractivity contribution in [3.8, 4) is 11.4 Å². The van der Waals surface area contributed by atoms with E-state index in [0.29, 0.717) is 54.9 Å². The van der Waals surface area contributed by atoms with Crippen LogP contribution in [0.4, 0.5) is 5.69 Å². The number of benzene rings is 2. The molecule has 0 aliphatic carbocycles. The van der Waals surface area contributed by atoms with E-state index in [-0.39, 0.29) is 11.8 Å². The number of anilines is 1. The number of nitrogens with two attached hydrogens (primary N) is 1. The molecule has 3 heterocycles. The van der Waals surface area contributed by atoms with Gasteiger partial charge in [0.05, 0.1) is 12.5 Å². The van der Waals surface area contributed by atoms with Gasteiger partial charge in [-0.2, -0.15) is 0 Å². The van der Waals surface area contributed by atoms with Crippen LogP contribution in [0.3, 0.4) is 0 Å². The lowest BCUT2D eigenvalue weighted by Gasteiger charge is -2.38.